The van der Waals surface area contributed by atoms with Crippen LogP contribution in [0.1, 0.15) is 43.2 Å². The van der Waals surface area contributed by atoms with Gasteiger partial charge in [0.25, 0.3) is 5.91 Å². The molecule has 2 saturated heterocycles. The van der Waals surface area contributed by atoms with Gasteiger partial charge in [0.05, 0.1) is 6.20 Å². The zero-order chi connectivity index (χ0) is 20.1. The number of piperidine rings is 1. The minimum Gasteiger partial charge on any atom is -0.368 e. The lowest BCUT2D eigenvalue weighted by Gasteiger charge is -2.40. The molecule has 0 aromatic carbocycles. The van der Waals surface area contributed by atoms with Crippen molar-refractivity contribution in [3.63, 3.8) is 0 Å². The Labute approximate surface area is 166 Å². The van der Waals surface area contributed by atoms with E-state index < -0.39 is 5.60 Å². The highest BCUT2D eigenvalue weighted by Crippen LogP contribution is 2.30. The summed E-state index contributed by atoms with van der Waals surface area (Å²) in [6, 6.07) is 0. The Morgan fingerprint density at radius 3 is 2.68 bits per heavy atom. The maximum atomic E-state index is 12.8. The van der Waals surface area contributed by atoms with Gasteiger partial charge in [-0.25, -0.2) is 0 Å². The molecule has 3 rings (SSSR count). The van der Waals surface area contributed by atoms with E-state index in [0.717, 1.165) is 36.3 Å². The molecule has 0 saturated carbocycles. The first-order chi connectivity index (χ1) is 13.5. The molecule has 0 spiro atoms. The number of nitrogens with one attached hydrogen (secondary N) is 1. The summed E-state index contributed by atoms with van der Waals surface area (Å²) < 4.78 is 5.69. The third-order valence-corrected chi connectivity index (χ3v) is 6.07. The number of methoxy groups -OCH3 is 1. The van der Waals surface area contributed by atoms with Gasteiger partial charge in [-0.15, -0.1) is 5.10 Å². The van der Waals surface area contributed by atoms with Crippen molar-refractivity contribution in [2.45, 2.75) is 51.6 Å². The number of rotatable bonds is 7. The van der Waals surface area contributed by atoms with Crippen LogP contribution in [-0.4, -0.2) is 72.3 Å². The molecule has 0 unspecified atom stereocenters. The minimum absolute atomic E-state index is 0.0607. The molecular weight excluding hydrogens is 358 g/mol. The number of anilines is 1. The van der Waals surface area contributed by atoms with Gasteiger partial charge in [0, 0.05) is 59.1 Å². The first-order valence-electron chi connectivity index (χ1n) is 10.1. The van der Waals surface area contributed by atoms with Crippen molar-refractivity contribution in [2.24, 2.45) is 0 Å². The normalized spacial score (nSPS) is 19.2. The molecule has 8 nitrogen and oxygen atoms in total. The number of nitrogens with zero attached hydrogens (tertiary/aromatic N) is 4. The zero-order valence-electron chi connectivity index (χ0n) is 17.2. The van der Waals surface area contributed by atoms with Gasteiger partial charge < -0.3 is 19.9 Å². The van der Waals surface area contributed by atoms with Crippen LogP contribution in [0.3, 0.4) is 0 Å². The lowest BCUT2D eigenvalue weighted by Crippen LogP contribution is -2.55. The predicted molar refractivity (Wildman–Crippen MR) is 106 cm³/mol. The third-order valence-electron chi connectivity index (χ3n) is 6.07. The monoisotopic (exact) mass is 389 g/mol. The van der Waals surface area contributed by atoms with Crippen LogP contribution in [-0.2, 0) is 14.3 Å². The first-order valence-corrected chi connectivity index (χ1v) is 10.1. The van der Waals surface area contributed by atoms with Crippen LogP contribution in [0.2, 0.25) is 0 Å². The van der Waals surface area contributed by atoms with Crippen LogP contribution < -0.4 is 10.2 Å². The van der Waals surface area contributed by atoms with Gasteiger partial charge >= 0.3 is 0 Å². The second-order valence-electron chi connectivity index (χ2n) is 7.76. The van der Waals surface area contributed by atoms with Crippen LogP contribution in [0.5, 0.6) is 0 Å². The Bertz CT molecular complexity index is 716. The van der Waals surface area contributed by atoms with Crippen LogP contribution in [0, 0.1) is 13.8 Å². The molecule has 2 fully saturated rings. The minimum atomic E-state index is -0.800. The number of carbonyl (C=O) groups excluding carboxylic acids is 2. The smallest absolute Gasteiger partial charge is 0.252 e. The van der Waals surface area contributed by atoms with E-state index >= 15 is 0 Å². The number of likely N-dealkylation sites (tertiary alicyclic amines) is 1. The van der Waals surface area contributed by atoms with Gasteiger partial charge in [0.2, 0.25) is 5.91 Å². The van der Waals surface area contributed by atoms with Crippen molar-refractivity contribution >= 4 is 17.6 Å². The van der Waals surface area contributed by atoms with E-state index in [4.69, 9.17) is 4.74 Å². The molecule has 2 amide bonds. The zero-order valence-corrected chi connectivity index (χ0v) is 17.2. The van der Waals surface area contributed by atoms with Crippen molar-refractivity contribution in [2.75, 3.05) is 44.7 Å². The Morgan fingerprint density at radius 1 is 1.29 bits per heavy atom. The van der Waals surface area contributed by atoms with Crippen molar-refractivity contribution in [3.8, 4) is 0 Å². The number of hydrogen-bond acceptors (Lipinski definition) is 6. The van der Waals surface area contributed by atoms with E-state index in [0.29, 0.717) is 45.4 Å². The summed E-state index contributed by atoms with van der Waals surface area (Å²) in [6.07, 6.45) is 5.34. The van der Waals surface area contributed by atoms with E-state index in [2.05, 4.69) is 27.3 Å². The average molecular weight is 390 g/mol. The van der Waals surface area contributed by atoms with Gasteiger partial charge in [-0.1, -0.05) is 0 Å². The summed E-state index contributed by atoms with van der Waals surface area (Å²) in [7, 11) is 1.61. The Morgan fingerprint density at radius 2 is 2.04 bits per heavy atom. The fraction of sp³-hybridized carbons (Fsp3) is 0.700. The standard InChI is InChI=1S/C20H31N5O3/c1-15-14-22-23-18(16(15)2)25-12-7-20(28-3,8-13-25)19(27)21-9-5-11-24-10-4-6-17(24)26/h14H,4-13H2,1-3H3,(H,21,27). The van der Waals surface area contributed by atoms with Gasteiger partial charge in [0.1, 0.15) is 5.60 Å². The fourth-order valence-corrected chi connectivity index (χ4v) is 4.00. The molecular formula is C20H31N5O3. The Kier molecular flexibility index (Phi) is 6.49. The summed E-state index contributed by atoms with van der Waals surface area (Å²) in [5.41, 5.74) is 1.44. The molecule has 2 aliphatic rings. The summed E-state index contributed by atoms with van der Waals surface area (Å²) >= 11 is 0. The molecule has 8 heteroatoms. The topological polar surface area (TPSA) is 87.7 Å². The van der Waals surface area contributed by atoms with Crippen LogP contribution in [0.15, 0.2) is 6.20 Å². The largest absolute Gasteiger partial charge is 0.368 e. The first kappa shape index (κ1) is 20.5. The molecule has 0 aliphatic carbocycles. The van der Waals surface area contributed by atoms with Crippen molar-refractivity contribution in [3.05, 3.63) is 17.3 Å². The molecule has 0 radical (unpaired) electrons. The van der Waals surface area contributed by atoms with Crippen molar-refractivity contribution in [1.29, 1.82) is 0 Å². The van der Waals surface area contributed by atoms with Gasteiger partial charge in [0.15, 0.2) is 5.82 Å². The molecule has 1 aromatic rings. The maximum absolute atomic E-state index is 12.8. The number of amides is 2. The summed E-state index contributed by atoms with van der Waals surface area (Å²) in [5.74, 6) is 1.05. The molecule has 1 N–H and O–H groups in total. The van der Waals surface area contributed by atoms with Crippen molar-refractivity contribution in [1.82, 2.24) is 20.4 Å². The lowest BCUT2D eigenvalue weighted by atomic mass is 9.89. The molecule has 0 atom stereocenters. The summed E-state index contributed by atoms with van der Waals surface area (Å²) in [4.78, 5) is 28.5. The van der Waals surface area contributed by atoms with E-state index in [-0.39, 0.29) is 11.8 Å². The van der Waals surface area contributed by atoms with Crippen molar-refractivity contribution < 1.29 is 14.3 Å². The van der Waals surface area contributed by atoms with E-state index in [1.165, 1.54) is 0 Å². The van der Waals surface area contributed by atoms with Crippen LogP contribution in [0.4, 0.5) is 5.82 Å². The second kappa shape index (κ2) is 8.86. The molecule has 0 bridgehead atoms. The van der Waals surface area contributed by atoms with E-state index in [1.807, 2.05) is 11.8 Å². The van der Waals surface area contributed by atoms with Crippen LogP contribution >= 0.6 is 0 Å². The van der Waals surface area contributed by atoms with E-state index in [1.54, 1.807) is 13.3 Å². The number of aromatic nitrogens is 2. The summed E-state index contributed by atoms with van der Waals surface area (Å²) in [6.45, 7) is 7.57. The molecule has 1 aromatic heterocycles. The summed E-state index contributed by atoms with van der Waals surface area (Å²) in [5, 5.41) is 11.4. The third kappa shape index (κ3) is 4.27. The van der Waals surface area contributed by atoms with Gasteiger partial charge in [-0.2, -0.15) is 5.10 Å². The maximum Gasteiger partial charge on any atom is 0.252 e. The number of aryl methyl sites for hydroxylation is 1. The van der Waals surface area contributed by atoms with Gasteiger partial charge in [-0.3, -0.25) is 9.59 Å². The number of ether oxygens (including phenoxy) is 1. The lowest BCUT2D eigenvalue weighted by molar-refractivity contribution is -0.146. The highest BCUT2D eigenvalue weighted by Gasteiger charge is 2.42. The molecule has 28 heavy (non-hydrogen) atoms. The molecule has 2 aliphatic heterocycles. The quantitative estimate of drug-likeness (QED) is 0.705. The number of hydrogen-bond donors (Lipinski definition) is 1. The fourth-order valence-electron chi connectivity index (χ4n) is 4.00. The van der Waals surface area contributed by atoms with Crippen LogP contribution in [0.25, 0.3) is 0 Å². The molecule has 3 heterocycles. The molecule has 154 valence electrons. The predicted octanol–water partition coefficient (Wildman–Crippen LogP) is 1.21. The van der Waals surface area contributed by atoms with E-state index in [9.17, 15) is 9.59 Å². The number of carbonyl (C=O) groups is 2. The van der Waals surface area contributed by atoms with Gasteiger partial charge in [-0.05, 0) is 37.8 Å². The Hall–Kier alpha value is -2.22. The highest BCUT2D eigenvalue weighted by molar-refractivity contribution is 5.85. The SMILES string of the molecule is COC1(C(=O)NCCCN2CCCC2=O)CCN(c2nncc(C)c2C)CC1. The Balaban J connectivity index is 1.50. The second-order valence-corrected chi connectivity index (χ2v) is 7.76. The average Bonchev–Trinajstić information content (AvgIpc) is 3.12. The highest BCUT2D eigenvalue weighted by atomic mass is 16.5.